The van der Waals surface area contributed by atoms with Crippen molar-refractivity contribution >= 4 is 11.5 Å². The van der Waals surface area contributed by atoms with E-state index in [2.05, 4.69) is 16.9 Å². The largest absolute Gasteiger partial charge is 0.346 e. The number of pyridine rings is 1. The van der Waals surface area contributed by atoms with E-state index in [0.717, 1.165) is 29.1 Å². The van der Waals surface area contributed by atoms with Gasteiger partial charge in [-0.15, -0.1) is 0 Å². The second-order valence-electron chi connectivity index (χ2n) is 3.99. The normalized spacial score (nSPS) is 20.2. The highest BCUT2D eigenvalue weighted by atomic mass is 16.1. The molecule has 1 aromatic rings. The van der Waals surface area contributed by atoms with Crippen LogP contribution in [0.25, 0.3) is 0 Å². The minimum Gasteiger partial charge on any atom is -0.346 e. The summed E-state index contributed by atoms with van der Waals surface area (Å²) in [5.74, 6) is 1.13. The topological polar surface area (TPSA) is 45.2 Å². The molecule has 1 unspecified atom stereocenters. The Hall–Kier alpha value is -1.38. The molecule has 3 nitrogen and oxygen atoms in total. The second-order valence-corrected chi connectivity index (χ2v) is 3.99. The minimum atomic E-state index is 0.141. The zero-order valence-corrected chi connectivity index (χ0v) is 8.72. The van der Waals surface area contributed by atoms with E-state index >= 15 is 0 Å². The lowest BCUT2D eigenvalue weighted by molar-refractivity contribution is 0.738. The van der Waals surface area contributed by atoms with Crippen molar-refractivity contribution in [2.75, 3.05) is 0 Å². The van der Waals surface area contributed by atoms with E-state index in [-0.39, 0.29) is 5.43 Å². The molecule has 0 fully saturated rings. The molecule has 0 amide bonds. The van der Waals surface area contributed by atoms with Gasteiger partial charge in [-0.05, 0) is 26.2 Å². The highest BCUT2D eigenvalue weighted by molar-refractivity contribution is 5.88. The van der Waals surface area contributed by atoms with Crippen LogP contribution in [0.2, 0.25) is 0 Å². The summed E-state index contributed by atoms with van der Waals surface area (Å²) in [4.78, 5) is 19.2. The van der Waals surface area contributed by atoms with Gasteiger partial charge in [0.15, 0.2) is 5.43 Å². The molecule has 1 aromatic heterocycles. The lowest BCUT2D eigenvalue weighted by Gasteiger charge is -2.18. The van der Waals surface area contributed by atoms with Gasteiger partial charge in [0.25, 0.3) is 0 Å². The number of rotatable bonds is 0. The van der Waals surface area contributed by atoms with E-state index in [9.17, 15) is 4.79 Å². The number of nitrogens with zero attached hydrogens (tertiary/aromatic N) is 1. The van der Waals surface area contributed by atoms with E-state index in [1.807, 2.05) is 13.8 Å². The third-order valence-electron chi connectivity index (χ3n) is 2.86. The first-order valence-electron chi connectivity index (χ1n) is 4.86. The monoisotopic (exact) mass is 190 g/mol. The molecule has 1 aliphatic rings. The zero-order valence-electron chi connectivity index (χ0n) is 8.72. The van der Waals surface area contributed by atoms with Crippen LogP contribution < -0.4 is 5.43 Å². The van der Waals surface area contributed by atoms with Gasteiger partial charge in [0.1, 0.15) is 5.82 Å². The highest BCUT2D eigenvalue weighted by Crippen LogP contribution is 2.23. The first-order valence-corrected chi connectivity index (χ1v) is 4.86. The van der Waals surface area contributed by atoms with Gasteiger partial charge in [-0.3, -0.25) is 4.79 Å². The van der Waals surface area contributed by atoms with Crippen molar-refractivity contribution in [1.82, 2.24) is 4.98 Å². The fraction of sp³-hybridized carbons (Fsp3) is 0.455. The second kappa shape index (κ2) is 3.08. The summed E-state index contributed by atoms with van der Waals surface area (Å²) in [6, 6.07) is 0. The Morgan fingerprint density at radius 3 is 2.93 bits per heavy atom. The van der Waals surface area contributed by atoms with Crippen LogP contribution in [0.4, 0.5) is 5.82 Å². The molecule has 0 aliphatic carbocycles. The third kappa shape index (κ3) is 1.29. The van der Waals surface area contributed by atoms with Crippen molar-refractivity contribution < 1.29 is 0 Å². The Bertz CT molecular complexity index is 457. The fourth-order valence-electron chi connectivity index (χ4n) is 1.70. The Morgan fingerprint density at radius 1 is 1.50 bits per heavy atom. The summed E-state index contributed by atoms with van der Waals surface area (Å²) in [6.07, 6.45) is 2.54. The van der Waals surface area contributed by atoms with Crippen LogP contribution in [0.1, 0.15) is 25.0 Å². The summed E-state index contributed by atoms with van der Waals surface area (Å²) in [5.41, 5.74) is 2.84. The number of fused-ring (bicyclic) bond motifs is 1. The fourth-order valence-corrected chi connectivity index (χ4v) is 1.70. The van der Waals surface area contributed by atoms with Crippen LogP contribution in [-0.2, 0) is 6.42 Å². The van der Waals surface area contributed by atoms with Crippen LogP contribution >= 0.6 is 0 Å². The Labute approximate surface area is 82.9 Å². The number of hydrogen-bond donors (Lipinski definition) is 1. The van der Waals surface area contributed by atoms with E-state index in [1.165, 1.54) is 0 Å². The van der Waals surface area contributed by atoms with Crippen molar-refractivity contribution in [2.24, 2.45) is 10.9 Å². The van der Waals surface area contributed by atoms with Crippen molar-refractivity contribution in [1.29, 1.82) is 0 Å². The molecule has 1 aliphatic heterocycles. The maximum Gasteiger partial charge on any atom is 0.189 e. The number of nitrogens with one attached hydrogen (secondary N) is 1. The molecule has 0 saturated heterocycles. The van der Waals surface area contributed by atoms with Crippen molar-refractivity contribution in [2.45, 2.75) is 27.2 Å². The number of aromatic amines is 1. The van der Waals surface area contributed by atoms with Crippen LogP contribution in [-0.4, -0.2) is 10.7 Å². The molecule has 3 heteroatoms. The lowest BCUT2D eigenvalue weighted by Crippen LogP contribution is -2.22. The lowest BCUT2D eigenvalue weighted by atomic mass is 9.94. The molecule has 2 rings (SSSR count). The minimum absolute atomic E-state index is 0.141. The smallest absolute Gasteiger partial charge is 0.189 e. The summed E-state index contributed by atoms with van der Waals surface area (Å²) in [6.45, 7) is 5.93. The Kier molecular flexibility index (Phi) is 2.02. The average Bonchev–Trinajstić information content (AvgIpc) is 2.15. The Balaban J connectivity index is 2.66. The zero-order chi connectivity index (χ0) is 10.3. The van der Waals surface area contributed by atoms with Gasteiger partial charge in [-0.2, -0.15) is 0 Å². The van der Waals surface area contributed by atoms with E-state index in [0.29, 0.717) is 5.92 Å². The molecule has 0 spiro atoms. The molecule has 14 heavy (non-hydrogen) atoms. The molecule has 0 saturated carbocycles. The molecular weight excluding hydrogens is 176 g/mol. The Morgan fingerprint density at radius 2 is 2.21 bits per heavy atom. The van der Waals surface area contributed by atoms with Crippen molar-refractivity contribution in [3.05, 3.63) is 27.5 Å². The van der Waals surface area contributed by atoms with Crippen LogP contribution in [0.5, 0.6) is 0 Å². The van der Waals surface area contributed by atoms with Crippen LogP contribution in [0, 0.1) is 12.8 Å². The molecule has 0 bridgehead atoms. The molecule has 0 radical (unpaired) electrons. The molecular formula is C11H14N2O. The van der Waals surface area contributed by atoms with Crippen molar-refractivity contribution in [3.63, 3.8) is 0 Å². The van der Waals surface area contributed by atoms with E-state index in [1.54, 1.807) is 6.20 Å². The van der Waals surface area contributed by atoms with Crippen LogP contribution in [0.3, 0.4) is 0 Å². The van der Waals surface area contributed by atoms with Gasteiger partial charge in [0.05, 0.1) is 0 Å². The quantitative estimate of drug-likeness (QED) is 0.668. The number of aryl methyl sites for hydroxylation is 1. The number of hydrogen-bond acceptors (Lipinski definition) is 2. The number of H-pyrrole nitrogens is 1. The first-order chi connectivity index (χ1) is 6.59. The number of aliphatic imine (C=N–C) groups is 1. The number of aromatic nitrogens is 1. The van der Waals surface area contributed by atoms with Gasteiger partial charge in [0.2, 0.25) is 0 Å². The highest BCUT2D eigenvalue weighted by Gasteiger charge is 2.19. The average molecular weight is 190 g/mol. The van der Waals surface area contributed by atoms with Gasteiger partial charge in [-0.25, -0.2) is 4.99 Å². The maximum absolute atomic E-state index is 11.8. The summed E-state index contributed by atoms with van der Waals surface area (Å²) in [5, 5.41) is 0. The first kappa shape index (κ1) is 9.19. The molecule has 74 valence electrons. The summed E-state index contributed by atoms with van der Waals surface area (Å²) < 4.78 is 0. The van der Waals surface area contributed by atoms with Gasteiger partial charge in [0, 0.05) is 23.0 Å². The van der Waals surface area contributed by atoms with Gasteiger partial charge in [-0.1, -0.05) is 6.92 Å². The van der Waals surface area contributed by atoms with Crippen molar-refractivity contribution in [3.8, 4) is 0 Å². The standard InChI is InChI=1S/C11H14N2O/c1-6-4-9-10(14)7(2)5-12-11(9)13-8(6)3/h5-6H,4H2,1-3H3,(H,12,14). The van der Waals surface area contributed by atoms with Crippen LogP contribution in [0.15, 0.2) is 16.0 Å². The predicted molar refractivity (Wildman–Crippen MR) is 57.4 cm³/mol. The SMILES string of the molecule is CC1=Nc2[nH]cc(C)c(=O)c2CC1C. The van der Waals surface area contributed by atoms with Gasteiger partial charge < -0.3 is 4.98 Å². The summed E-state index contributed by atoms with van der Waals surface area (Å²) >= 11 is 0. The van der Waals surface area contributed by atoms with Gasteiger partial charge >= 0.3 is 0 Å². The molecule has 1 atom stereocenters. The summed E-state index contributed by atoms with van der Waals surface area (Å²) in [7, 11) is 0. The third-order valence-corrected chi connectivity index (χ3v) is 2.86. The molecule has 2 heterocycles. The maximum atomic E-state index is 11.8. The molecule has 0 aromatic carbocycles. The van der Waals surface area contributed by atoms with E-state index < -0.39 is 0 Å². The predicted octanol–water partition coefficient (Wildman–Crippen LogP) is 1.97. The van der Waals surface area contributed by atoms with E-state index in [4.69, 9.17) is 0 Å². The molecule has 1 N–H and O–H groups in total.